The van der Waals surface area contributed by atoms with Crippen LogP contribution in [0.4, 0.5) is 16.0 Å². The van der Waals surface area contributed by atoms with E-state index in [1.807, 2.05) is 6.07 Å². The third-order valence-corrected chi connectivity index (χ3v) is 3.90. The number of nitriles is 1. The molecule has 0 aliphatic carbocycles. The molecule has 0 bridgehead atoms. The number of nitrogens with one attached hydrogen (secondary N) is 1. The molecule has 0 aliphatic heterocycles. The summed E-state index contributed by atoms with van der Waals surface area (Å²) in [5.41, 5.74) is 5.88. The van der Waals surface area contributed by atoms with Crippen molar-refractivity contribution in [1.82, 2.24) is 14.8 Å². The Balaban J connectivity index is 2.26. The number of thioether (sulfide) groups is 1. The summed E-state index contributed by atoms with van der Waals surface area (Å²) in [5, 5.41) is 19.2. The van der Waals surface area contributed by atoms with E-state index in [1.54, 1.807) is 13.0 Å². The van der Waals surface area contributed by atoms with Crippen molar-refractivity contribution in [3.63, 3.8) is 0 Å². The molecule has 2 rings (SSSR count). The van der Waals surface area contributed by atoms with Crippen LogP contribution in [0.3, 0.4) is 0 Å². The van der Waals surface area contributed by atoms with Crippen LogP contribution in [-0.2, 0) is 4.79 Å². The lowest BCUT2D eigenvalue weighted by Crippen LogP contribution is -2.27. The minimum Gasteiger partial charge on any atom is -0.368 e. The molecule has 1 unspecified atom stereocenters. The number of aromatic nitrogens is 3. The van der Waals surface area contributed by atoms with E-state index in [9.17, 15) is 9.18 Å². The lowest BCUT2D eigenvalue weighted by Gasteiger charge is -2.19. The normalized spacial score (nSPS) is 11.7. The summed E-state index contributed by atoms with van der Waals surface area (Å²) in [7, 11) is 0. The van der Waals surface area contributed by atoms with Gasteiger partial charge in [0, 0.05) is 0 Å². The molecule has 3 N–H and O–H groups in total. The lowest BCUT2D eigenvalue weighted by atomic mass is 10.2. The van der Waals surface area contributed by atoms with Gasteiger partial charge in [0.2, 0.25) is 11.9 Å². The molecule has 1 amide bonds. The monoisotopic (exact) mass is 334 g/mol. The third-order valence-electron chi connectivity index (χ3n) is 3.09. The largest absolute Gasteiger partial charge is 0.368 e. The number of rotatable bonds is 6. The van der Waals surface area contributed by atoms with E-state index >= 15 is 0 Å². The van der Waals surface area contributed by atoms with E-state index in [2.05, 4.69) is 15.5 Å². The Morgan fingerprint density at radius 2 is 2.26 bits per heavy atom. The number of hydrogen-bond donors (Lipinski definition) is 2. The highest BCUT2D eigenvalue weighted by Gasteiger charge is 2.25. The molecule has 120 valence electrons. The van der Waals surface area contributed by atoms with E-state index in [0.29, 0.717) is 11.6 Å². The first-order valence-electron chi connectivity index (χ1n) is 6.84. The first-order chi connectivity index (χ1) is 11.1. The first-order valence-corrected chi connectivity index (χ1v) is 7.82. The van der Waals surface area contributed by atoms with Crippen LogP contribution >= 0.6 is 11.8 Å². The van der Waals surface area contributed by atoms with Gasteiger partial charge in [0.25, 0.3) is 0 Å². The number of hydrogen-bond acceptors (Lipinski definition) is 6. The van der Waals surface area contributed by atoms with Gasteiger partial charge in [-0.05, 0) is 18.6 Å². The predicted molar refractivity (Wildman–Crippen MR) is 85.1 cm³/mol. The highest BCUT2D eigenvalue weighted by Crippen LogP contribution is 2.26. The van der Waals surface area contributed by atoms with Gasteiger partial charge in [-0.3, -0.25) is 9.36 Å². The Morgan fingerprint density at radius 1 is 1.52 bits per heavy atom. The maximum absolute atomic E-state index is 13.7. The second-order valence-corrected chi connectivity index (χ2v) is 5.49. The summed E-state index contributed by atoms with van der Waals surface area (Å²) in [6.07, 6.45) is 0.405. The lowest BCUT2D eigenvalue weighted by molar-refractivity contribution is -0.119. The number of para-hydroxylation sites is 1. The van der Waals surface area contributed by atoms with E-state index in [4.69, 9.17) is 11.0 Å². The van der Waals surface area contributed by atoms with Crippen molar-refractivity contribution in [2.45, 2.75) is 24.5 Å². The Hall–Kier alpha value is -2.60. The van der Waals surface area contributed by atoms with Crippen molar-refractivity contribution in [1.29, 1.82) is 5.26 Å². The van der Waals surface area contributed by atoms with Crippen molar-refractivity contribution >= 4 is 29.3 Å². The quantitative estimate of drug-likeness (QED) is 0.784. The molecule has 0 saturated heterocycles. The summed E-state index contributed by atoms with van der Waals surface area (Å²) in [6, 6.07) is 7.17. The summed E-state index contributed by atoms with van der Waals surface area (Å²) in [5.74, 6) is -0.723. The summed E-state index contributed by atoms with van der Waals surface area (Å²) >= 11 is 1.13. The Labute approximate surface area is 136 Å². The van der Waals surface area contributed by atoms with Crippen LogP contribution in [0.15, 0.2) is 29.4 Å². The van der Waals surface area contributed by atoms with Crippen molar-refractivity contribution in [2.24, 2.45) is 0 Å². The number of benzene rings is 1. The van der Waals surface area contributed by atoms with E-state index < -0.39 is 17.8 Å². The molecule has 1 aromatic carbocycles. The third kappa shape index (κ3) is 3.78. The summed E-state index contributed by atoms with van der Waals surface area (Å²) in [4.78, 5) is 12.5. The molecular weight excluding hydrogens is 319 g/mol. The fourth-order valence-corrected chi connectivity index (χ4v) is 2.69. The maximum atomic E-state index is 13.7. The number of halogens is 1. The van der Waals surface area contributed by atoms with Gasteiger partial charge in [0.1, 0.15) is 11.9 Å². The molecule has 1 heterocycles. The number of carbonyl (C=O) groups excluding carboxylic acids is 1. The molecule has 0 aliphatic rings. The van der Waals surface area contributed by atoms with E-state index in [-0.39, 0.29) is 17.4 Å². The van der Waals surface area contributed by atoms with Gasteiger partial charge in [-0.2, -0.15) is 5.26 Å². The fourth-order valence-electron chi connectivity index (χ4n) is 2.04. The summed E-state index contributed by atoms with van der Waals surface area (Å²) < 4.78 is 15.1. The van der Waals surface area contributed by atoms with Crippen LogP contribution in [-0.4, -0.2) is 26.4 Å². The molecule has 1 aromatic heterocycles. The van der Waals surface area contributed by atoms with Crippen molar-refractivity contribution in [3.8, 4) is 6.07 Å². The van der Waals surface area contributed by atoms with Crippen LogP contribution in [0.25, 0.3) is 0 Å². The molecule has 1 atom stereocenters. The molecule has 0 fully saturated rings. The van der Waals surface area contributed by atoms with Gasteiger partial charge >= 0.3 is 0 Å². The Bertz CT molecular complexity index is 741. The molecule has 7 nitrogen and oxygen atoms in total. The smallest absolute Gasteiger partial charge is 0.247 e. The van der Waals surface area contributed by atoms with Crippen molar-refractivity contribution in [2.75, 3.05) is 16.8 Å². The number of nitrogens with zero attached hydrogens (tertiary/aromatic N) is 4. The van der Waals surface area contributed by atoms with Gasteiger partial charge < -0.3 is 11.1 Å². The van der Waals surface area contributed by atoms with Gasteiger partial charge in [0.15, 0.2) is 5.16 Å². The van der Waals surface area contributed by atoms with E-state index in [1.165, 1.54) is 22.8 Å². The Morgan fingerprint density at radius 3 is 2.91 bits per heavy atom. The molecule has 0 radical (unpaired) electrons. The fraction of sp³-hybridized carbons (Fsp3) is 0.286. The van der Waals surface area contributed by atoms with Gasteiger partial charge in [-0.15, -0.1) is 10.2 Å². The highest BCUT2D eigenvalue weighted by molar-refractivity contribution is 7.99. The van der Waals surface area contributed by atoms with Gasteiger partial charge in [-0.25, -0.2) is 4.39 Å². The van der Waals surface area contributed by atoms with E-state index in [0.717, 1.165) is 11.8 Å². The zero-order valence-electron chi connectivity index (χ0n) is 12.4. The van der Waals surface area contributed by atoms with Crippen molar-refractivity contribution < 1.29 is 9.18 Å². The molecule has 0 saturated carbocycles. The molecule has 0 spiro atoms. The highest BCUT2D eigenvalue weighted by atomic mass is 32.2. The van der Waals surface area contributed by atoms with Crippen molar-refractivity contribution in [3.05, 3.63) is 30.1 Å². The second kappa shape index (κ2) is 7.60. The predicted octanol–water partition coefficient (Wildman–Crippen LogP) is 2.20. The number of nitrogens with two attached hydrogens (primary N) is 1. The van der Waals surface area contributed by atoms with Crippen LogP contribution in [0.1, 0.15) is 19.4 Å². The topological polar surface area (TPSA) is 110 Å². The summed E-state index contributed by atoms with van der Waals surface area (Å²) in [6.45, 7) is 1.80. The van der Waals surface area contributed by atoms with Gasteiger partial charge in [-0.1, -0.05) is 30.8 Å². The van der Waals surface area contributed by atoms with Crippen LogP contribution in [0, 0.1) is 17.1 Å². The molecule has 23 heavy (non-hydrogen) atoms. The average Bonchev–Trinajstić information content (AvgIpc) is 2.89. The maximum Gasteiger partial charge on any atom is 0.247 e. The Kier molecular flexibility index (Phi) is 5.54. The van der Waals surface area contributed by atoms with Crippen LogP contribution < -0.4 is 11.1 Å². The number of anilines is 2. The first kappa shape index (κ1) is 16.8. The average molecular weight is 334 g/mol. The zero-order chi connectivity index (χ0) is 16.8. The number of amides is 1. The van der Waals surface area contributed by atoms with Gasteiger partial charge in [0.05, 0.1) is 17.5 Å². The SMILES string of the molecule is CCC(C(=O)Nc1ccccc1F)n1c(N)nnc1SCC#N. The number of carbonyl (C=O) groups is 1. The molecule has 2 aromatic rings. The standard InChI is InChI=1S/C14H15FN6OS/c1-2-11(12(22)18-10-6-4-3-5-9(10)15)21-13(17)19-20-14(21)23-8-7-16/h3-6,11H,2,8H2,1H3,(H2,17,19)(H,18,22). The minimum atomic E-state index is -0.703. The molecule has 9 heteroatoms. The second-order valence-electron chi connectivity index (χ2n) is 4.55. The molecular formula is C14H15FN6OS. The zero-order valence-corrected chi connectivity index (χ0v) is 13.2. The minimum absolute atomic E-state index is 0.0703. The van der Waals surface area contributed by atoms with Crippen LogP contribution in [0.2, 0.25) is 0 Å². The van der Waals surface area contributed by atoms with Crippen LogP contribution in [0.5, 0.6) is 0 Å². The number of nitrogen functional groups attached to an aromatic ring is 1.